The van der Waals surface area contributed by atoms with E-state index in [-0.39, 0.29) is 12.5 Å². The zero-order valence-electron chi connectivity index (χ0n) is 14.8. The molecule has 1 amide bonds. The van der Waals surface area contributed by atoms with Gasteiger partial charge in [0.1, 0.15) is 6.54 Å². The van der Waals surface area contributed by atoms with Crippen LogP contribution in [0.5, 0.6) is 0 Å². The average molecular weight is 388 g/mol. The summed E-state index contributed by atoms with van der Waals surface area (Å²) in [5.41, 5.74) is 2.52. The van der Waals surface area contributed by atoms with Gasteiger partial charge in [-0.15, -0.1) is 0 Å². The van der Waals surface area contributed by atoms with E-state index in [1.807, 2.05) is 12.1 Å². The fourth-order valence-corrected chi connectivity index (χ4v) is 2.72. The van der Waals surface area contributed by atoms with Crippen molar-refractivity contribution in [2.75, 3.05) is 12.4 Å². The Morgan fingerprint density at radius 3 is 2.70 bits per heavy atom. The van der Waals surface area contributed by atoms with Gasteiger partial charge in [-0.05, 0) is 18.6 Å². The lowest BCUT2D eigenvalue weighted by Gasteiger charge is -2.08. The van der Waals surface area contributed by atoms with Gasteiger partial charge < -0.3 is 10.1 Å². The molecule has 2 heterocycles. The summed E-state index contributed by atoms with van der Waals surface area (Å²) >= 11 is 5.94. The minimum absolute atomic E-state index is 0.0505. The molecule has 8 nitrogen and oxygen atoms in total. The molecule has 0 unspecified atom stereocenters. The molecule has 0 aliphatic rings. The first-order chi connectivity index (χ1) is 13.0. The molecule has 0 fully saturated rings. The maximum atomic E-state index is 12.2. The van der Waals surface area contributed by atoms with Gasteiger partial charge in [-0.25, -0.2) is 4.79 Å². The number of halogens is 1. The molecule has 0 aliphatic carbocycles. The SMILES string of the molecule is COC(=O)c1ccccc1Cn1cc(NC(=O)Cn2ncc(Cl)c2C)cn1. The molecule has 3 rings (SSSR count). The summed E-state index contributed by atoms with van der Waals surface area (Å²) in [6.07, 6.45) is 4.73. The van der Waals surface area contributed by atoms with Crippen molar-refractivity contribution in [1.29, 1.82) is 0 Å². The number of carbonyl (C=O) groups is 2. The molecule has 3 aromatic rings. The number of hydrogen-bond acceptors (Lipinski definition) is 5. The van der Waals surface area contributed by atoms with Gasteiger partial charge in [0.05, 0.1) is 48.0 Å². The first kappa shape index (κ1) is 18.7. The molecule has 0 saturated carbocycles. The van der Waals surface area contributed by atoms with E-state index in [4.69, 9.17) is 16.3 Å². The van der Waals surface area contributed by atoms with Crippen LogP contribution in [-0.4, -0.2) is 38.5 Å². The van der Waals surface area contributed by atoms with Gasteiger partial charge in [-0.3, -0.25) is 14.2 Å². The largest absolute Gasteiger partial charge is 0.465 e. The van der Waals surface area contributed by atoms with E-state index in [1.165, 1.54) is 18.0 Å². The zero-order chi connectivity index (χ0) is 19.4. The standard InChI is InChI=1S/C18H18ClN5O3/c1-12-16(19)8-21-24(12)11-17(25)22-14-7-20-23(10-14)9-13-5-3-4-6-15(13)18(26)27-2/h3-8,10H,9,11H2,1-2H3,(H,22,25). The average Bonchev–Trinajstić information content (AvgIpc) is 3.22. The lowest BCUT2D eigenvalue weighted by molar-refractivity contribution is -0.116. The number of carbonyl (C=O) groups excluding carboxylic acids is 2. The van der Waals surface area contributed by atoms with Crippen LogP contribution in [0.15, 0.2) is 42.9 Å². The second kappa shape index (κ2) is 8.05. The quantitative estimate of drug-likeness (QED) is 0.656. The van der Waals surface area contributed by atoms with Gasteiger partial charge in [0.15, 0.2) is 0 Å². The lowest BCUT2D eigenvalue weighted by atomic mass is 10.1. The minimum Gasteiger partial charge on any atom is -0.465 e. The van der Waals surface area contributed by atoms with Crippen molar-refractivity contribution in [3.8, 4) is 0 Å². The maximum absolute atomic E-state index is 12.2. The number of anilines is 1. The van der Waals surface area contributed by atoms with E-state index >= 15 is 0 Å². The van der Waals surface area contributed by atoms with Crippen LogP contribution in [0.4, 0.5) is 5.69 Å². The highest BCUT2D eigenvalue weighted by Crippen LogP contribution is 2.15. The highest BCUT2D eigenvalue weighted by molar-refractivity contribution is 6.31. The van der Waals surface area contributed by atoms with E-state index in [1.54, 1.807) is 36.1 Å². The summed E-state index contributed by atoms with van der Waals surface area (Å²) in [6.45, 7) is 2.21. The van der Waals surface area contributed by atoms with Crippen LogP contribution in [0.2, 0.25) is 5.02 Å². The van der Waals surface area contributed by atoms with Gasteiger partial charge in [0.2, 0.25) is 5.91 Å². The molecule has 0 spiro atoms. The van der Waals surface area contributed by atoms with Crippen LogP contribution in [0.1, 0.15) is 21.6 Å². The normalized spacial score (nSPS) is 10.6. The number of methoxy groups -OCH3 is 1. The Morgan fingerprint density at radius 1 is 1.22 bits per heavy atom. The first-order valence-corrected chi connectivity index (χ1v) is 8.52. The fourth-order valence-electron chi connectivity index (χ4n) is 2.58. The molecule has 0 aliphatic heterocycles. The third-order valence-corrected chi connectivity index (χ3v) is 4.38. The Bertz CT molecular complexity index is 979. The van der Waals surface area contributed by atoms with Crippen molar-refractivity contribution in [2.24, 2.45) is 0 Å². The maximum Gasteiger partial charge on any atom is 0.338 e. The van der Waals surface area contributed by atoms with E-state index in [2.05, 4.69) is 15.5 Å². The van der Waals surface area contributed by atoms with E-state index in [0.717, 1.165) is 11.3 Å². The Kier molecular flexibility index (Phi) is 5.56. The Balaban J connectivity index is 1.66. The lowest BCUT2D eigenvalue weighted by Crippen LogP contribution is -2.20. The second-order valence-electron chi connectivity index (χ2n) is 5.86. The highest BCUT2D eigenvalue weighted by atomic mass is 35.5. The monoisotopic (exact) mass is 387 g/mol. The minimum atomic E-state index is -0.403. The van der Waals surface area contributed by atoms with Crippen molar-refractivity contribution in [1.82, 2.24) is 19.6 Å². The molecular formula is C18H18ClN5O3. The van der Waals surface area contributed by atoms with Crippen molar-refractivity contribution < 1.29 is 14.3 Å². The smallest absolute Gasteiger partial charge is 0.338 e. The number of amides is 1. The Hall–Kier alpha value is -3.13. The molecule has 1 aromatic carbocycles. The van der Waals surface area contributed by atoms with Gasteiger partial charge in [-0.2, -0.15) is 10.2 Å². The molecule has 0 saturated heterocycles. The summed E-state index contributed by atoms with van der Waals surface area (Å²) in [7, 11) is 1.34. The molecular weight excluding hydrogens is 370 g/mol. The summed E-state index contributed by atoms with van der Waals surface area (Å²) in [5.74, 6) is -0.646. The van der Waals surface area contributed by atoms with Crippen LogP contribution in [0, 0.1) is 6.92 Å². The second-order valence-corrected chi connectivity index (χ2v) is 6.27. The molecule has 0 radical (unpaired) electrons. The van der Waals surface area contributed by atoms with Crippen molar-refractivity contribution in [2.45, 2.75) is 20.0 Å². The Labute approximate surface area is 160 Å². The summed E-state index contributed by atoms with van der Waals surface area (Å²) in [6, 6.07) is 7.14. The van der Waals surface area contributed by atoms with Crippen molar-refractivity contribution >= 4 is 29.2 Å². The Morgan fingerprint density at radius 2 is 2.00 bits per heavy atom. The predicted molar refractivity (Wildman–Crippen MR) is 99.7 cm³/mol. The number of rotatable bonds is 6. The van der Waals surface area contributed by atoms with Crippen LogP contribution in [0.3, 0.4) is 0 Å². The number of hydrogen-bond donors (Lipinski definition) is 1. The van der Waals surface area contributed by atoms with E-state index in [0.29, 0.717) is 22.8 Å². The number of esters is 1. The van der Waals surface area contributed by atoms with Gasteiger partial charge in [-0.1, -0.05) is 29.8 Å². The van der Waals surface area contributed by atoms with Gasteiger partial charge >= 0.3 is 5.97 Å². The van der Waals surface area contributed by atoms with Crippen LogP contribution in [-0.2, 0) is 22.6 Å². The predicted octanol–water partition coefficient (Wildman–Crippen LogP) is 2.52. The third kappa shape index (κ3) is 4.35. The zero-order valence-corrected chi connectivity index (χ0v) is 15.6. The van der Waals surface area contributed by atoms with Gasteiger partial charge in [0, 0.05) is 6.20 Å². The molecule has 27 heavy (non-hydrogen) atoms. The molecule has 0 bridgehead atoms. The number of ether oxygens (including phenoxy) is 1. The number of aromatic nitrogens is 4. The molecule has 2 aromatic heterocycles. The first-order valence-electron chi connectivity index (χ1n) is 8.14. The van der Waals surface area contributed by atoms with Gasteiger partial charge in [0.25, 0.3) is 0 Å². The van der Waals surface area contributed by atoms with Crippen LogP contribution < -0.4 is 5.32 Å². The van der Waals surface area contributed by atoms with Crippen LogP contribution >= 0.6 is 11.6 Å². The molecule has 9 heteroatoms. The van der Waals surface area contributed by atoms with Crippen LogP contribution in [0.25, 0.3) is 0 Å². The van der Waals surface area contributed by atoms with Crippen molar-refractivity contribution in [3.05, 3.63) is 64.7 Å². The van der Waals surface area contributed by atoms with Crippen molar-refractivity contribution in [3.63, 3.8) is 0 Å². The highest BCUT2D eigenvalue weighted by Gasteiger charge is 2.13. The topological polar surface area (TPSA) is 91.0 Å². The summed E-state index contributed by atoms with van der Waals surface area (Å²) < 4.78 is 7.95. The van der Waals surface area contributed by atoms with E-state index in [9.17, 15) is 9.59 Å². The number of nitrogens with one attached hydrogen (secondary N) is 1. The molecule has 140 valence electrons. The molecule has 0 atom stereocenters. The third-order valence-electron chi connectivity index (χ3n) is 4.01. The molecule has 1 N–H and O–H groups in total. The number of benzene rings is 1. The number of nitrogens with zero attached hydrogens (tertiary/aromatic N) is 4. The van der Waals surface area contributed by atoms with E-state index < -0.39 is 5.97 Å². The summed E-state index contributed by atoms with van der Waals surface area (Å²) in [4.78, 5) is 24.0. The summed E-state index contributed by atoms with van der Waals surface area (Å²) in [5, 5.41) is 11.6. The fraction of sp³-hybridized carbons (Fsp3) is 0.222.